The van der Waals surface area contributed by atoms with Crippen LogP contribution in [0.25, 0.3) is 11.0 Å². The molecule has 1 amide bonds. The van der Waals surface area contributed by atoms with E-state index in [1.807, 2.05) is 29.2 Å². The van der Waals surface area contributed by atoms with E-state index >= 15 is 0 Å². The fourth-order valence-electron chi connectivity index (χ4n) is 5.44. The maximum absolute atomic E-state index is 12.9. The zero-order valence-corrected chi connectivity index (χ0v) is 21.5. The van der Waals surface area contributed by atoms with Gasteiger partial charge in [0.2, 0.25) is 5.91 Å². The third-order valence-corrected chi connectivity index (χ3v) is 8.10. The smallest absolute Gasteiger partial charge is 0.246 e. The number of carbonyl (C=O) groups is 1. The first-order chi connectivity index (χ1) is 18.2. The van der Waals surface area contributed by atoms with E-state index in [1.165, 1.54) is 37.7 Å². The van der Waals surface area contributed by atoms with Gasteiger partial charge in [-0.3, -0.25) is 14.8 Å². The summed E-state index contributed by atoms with van der Waals surface area (Å²) in [6.45, 7) is 2.25. The zero-order chi connectivity index (χ0) is 25.2. The molecule has 8 heteroatoms. The number of likely N-dealkylation sites (tertiary alicyclic amines) is 1. The SMILES string of the molecule is CN(C/C=C/C(=O)N1CCC[C@H]1CNc1n[nH]c2nccc(Oc3ccc(C4CCC4)cc3)c12)C1CC1. The third-order valence-electron chi connectivity index (χ3n) is 8.10. The molecular formula is C29H36N6O2. The van der Waals surface area contributed by atoms with Crippen molar-refractivity contribution in [2.75, 3.05) is 32.0 Å². The maximum Gasteiger partial charge on any atom is 0.246 e. The molecule has 8 nitrogen and oxygen atoms in total. The number of ether oxygens (including phenoxy) is 1. The van der Waals surface area contributed by atoms with Crippen molar-refractivity contribution in [3.8, 4) is 11.5 Å². The fraction of sp³-hybridized carbons (Fsp3) is 0.483. The average molecular weight is 501 g/mol. The van der Waals surface area contributed by atoms with Gasteiger partial charge in [0.25, 0.3) is 0 Å². The lowest BCUT2D eigenvalue weighted by molar-refractivity contribution is -0.126. The Morgan fingerprint density at radius 3 is 2.76 bits per heavy atom. The molecule has 37 heavy (non-hydrogen) atoms. The van der Waals surface area contributed by atoms with Gasteiger partial charge < -0.3 is 15.0 Å². The van der Waals surface area contributed by atoms with Crippen LogP contribution in [0.3, 0.4) is 0 Å². The Balaban J connectivity index is 1.10. The summed E-state index contributed by atoms with van der Waals surface area (Å²) >= 11 is 0. The van der Waals surface area contributed by atoms with Crippen molar-refractivity contribution < 1.29 is 9.53 Å². The van der Waals surface area contributed by atoms with E-state index in [2.05, 4.69) is 44.6 Å². The van der Waals surface area contributed by atoms with Crippen LogP contribution in [0.4, 0.5) is 5.82 Å². The Morgan fingerprint density at radius 1 is 1.16 bits per heavy atom. The second-order valence-electron chi connectivity index (χ2n) is 10.7. The van der Waals surface area contributed by atoms with Gasteiger partial charge in [0.15, 0.2) is 11.5 Å². The molecule has 0 unspecified atom stereocenters. The molecule has 0 spiro atoms. The number of fused-ring (bicyclic) bond motifs is 1. The first-order valence-electron chi connectivity index (χ1n) is 13.7. The van der Waals surface area contributed by atoms with Crippen LogP contribution in [0.1, 0.15) is 56.4 Å². The van der Waals surface area contributed by atoms with Gasteiger partial charge in [-0.1, -0.05) is 24.6 Å². The van der Waals surface area contributed by atoms with Crippen molar-refractivity contribution in [3.63, 3.8) is 0 Å². The Kier molecular flexibility index (Phi) is 6.83. The van der Waals surface area contributed by atoms with Gasteiger partial charge in [0, 0.05) is 50.1 Å². The average Bonchev–Trinajstić information content (AvgIpc) is 3.48. The maximum atomic E-state index is 12.9. The van der Waals surface area contributed by atoms with Crippen LogP contribution < -0.4 is 10.1 Å². The Morgan fingerprint density at radius 2 is 2.00 bits per heavy atom. The molecule has 194 valence electrons. The third kappa shape index (κ3) is 5.34. The predicted octanol–water partition coefficient (Wildman–Crippen LogP) is 5.07. The van der Waals surface area contributed by atoms with Gasteiger partial charge in [-0.2, -0.15) is 5.10 Å². The minimum absolute atomic E-state index is 0.0939. The predicted molar refractivity (Wildman–Crippen MR) is 145 cm³/mol. The Hall–Kier alpha value is -3.39. The van der Waals surface area contributed by atoms with Gasteiger partial charge in [0.05, 0.1) is 0 Å². The van der Waals surface area contributed by atoms with Crippen molar-refractivity contribution in [2.45, 2.75) is 62.9 Å². The summed E-state index contributed by atoms with van der Waals surface area (Å²) < 4.78 is 6.28. The fourth-order valence-corrected chi connectivity index (χ4v) is 5.44. The van der Waals surface area contributed by atoms with Crippen molar-refractivity contribution in [1.29, 1.82) is 0 Å². The minimum atomic E-state index is 0.0939. The van der Waals surface area contributed by atoms with E-state index < -0.39 is 0 Å². The summed E-state index contributed by atoms with van der Waals surface area (Å²) in [7, 11) is 2.13. The number of benzene rings is 1. The quantitative estimate of drug-likeness (QED) is 0.378. The first kappa shape index (κ1) is 24.0. The summed E-state index contributed by atoms with van der Waals surface area (Å²) in [5.74, 6) is 3.00. The minimum Gasteiger partial charge on any atom is -0.456 e. The lowest BCUT2D eigenvalue weighted by Crippen LogP contribution is -2.38. The van der Waals surface area contributed by atoms with E-state index in [4.69, 9.17) is 4.74 Å². The van der Waals surface area contributed by atoms with Gasteiger partial charge in [-0.15, -0.1) is 0 Å². The topological polar surface area (TPSA) is 86.4 Å². The highest BCUT2D eigenvalue weighted by molar-refractivity contribution is 5.93. The zero-order valence-electron chi connectivity index (χ0n) is 21.5. The highest BCUT2D eigenvalue weighted by Gasteiger charge is 2.28. The molecule has 0 bridgehead atoms. The summed E-state index contributed by atoms with van der Waals surface area (Å²) in [5, 5.41) is 11.8. The molecule has 3 aliphatic rings. The molecule has 3 fully saturated rings. The summed E-state index contributed by atoms with van der Waals surface area (Å²) in [6.07, 6.45) is 13.9. The lowest BCUT2D eigenvalue weighted by atomic mass is 9.80. The summed E-state index contributed by atoms with van der Waals surface area (Å²) in [5.41, 5.74) is 2.07. The molecule has 2 aliphatic carbocycles. The number of pyridine rings is 1. The first-order valence-corrected chi connectivity index (χ1v) is 13.7. The Bertz CT molecular complexity index is 1260. The largest absolute Gasteiger partial charge is 0.456 e. The molecule has 3 heterocycles. The van der Waals surface area contributed by atoms with Crippen LogP contribution in [-0.4, -0.2) is 69.7 Å². The van der Waals surface area contributed by atoms with Crippen LogP contribution in [0.15, 0.2) is 48.7 Å². The van der Waals surface area contributed by atoms with Crippen molar-refractivity contribution in [1.82, 2.24) is 25.0 Å². The molecule has 6 rings (SSSR count). The van der Waals surface area contributed by atoms with Gasteiger partial charge in [-0.05, 0) is 69.2 Å². The normalized spacial score (nSPS) is 20.2. The molecule has 2 N–H and O–H groups in total. The number of carbonyl (C=O) groups excluding carboxylic acids is 1. The van der Waals surface area contributed by atoms with Gasteiger partial charge in [-0.25, -0.2) is 4.98 Å². The molecule has 1 aliphatic heterocycles. The lowest BCUT2D eigenvalue weighted by Gasteiger charge is -2.25. The van der Waals surface area contributed by atoms with E-state index in [0.29, 0.717) is 35.7 Å². The molecule has 3 aromatic rings. The van der Waals surface area contributed by atoms with E-state index in [-0.39, 0.29) is 11.9 Å². The molecule has 2 aromatic heterocycles. The molecule has 2 saturated carbocycles. The van der Waals surface area contributed by atoms with Crippen LogP contribution in [0, 0.1) is 0 Å². The monoisotopic (exact) mass is 500 g/mol. The summed E-state index contributed by atoms with van der Waals surface area (Å²) in [4.78, 5) is 21.6. The molecule has 1 saturated heterocycles. The number of H-pyrrole nitrogens is 1. The second-order valence-corrected chi connectivity index (χ2v) is 10.7. The molecule has 1 atom stereocenters. The molecule has 1 aromatic carbocycles. The van der Waals surface area contributed by atoms with E-state index in [1.54, 1.807) is 12.3 Å². The van der Waals surface area contributed by atoms with Crippen molar-refractivity contribution >= 4 is 22.8 Å². The number of nitrogens with zero attached hydrogens (tertiary/aromatic N) is 4. The second kappa shape index (κ2) is 10.5. The number of anilines is 1. The number of nitrogens with one attached hydrogen (secondary N) is 2. The standard InChI is InChI=1S/C29H36N6O2/c1-34(22-11-12-22)17-4-8-26(36)35-18-3-7-23(35)19-31-29-27-25(15-16-30-28(27)32-33-29)37-24-13-9-21(10-14-24)20-5-2-6-20/h4,8-10,13-16,20,22-23H,2-3,5-7,11-12,17-19H2,1H3,(H2,30,31,32,33)/b8-4+/t23-/m0/s1. The van der Waals surface area contributed by atoms with Crippen molar-refractivity contribution in [3.05, 3.63) is 54.2 Å². The van der Waals surface area contributed by atoms with Crippen LogP contribution in [0.2, 0.25) is 0 Å². The number of likely N-dealkylation sites (N-methyl/N-ethyl adjacent to an activating group) is 1. The number of aromatic amines is 1. The number of hydrogen-bond donors (Lipinski definition) is 2. The number of rotatable bonds is 10. The van der Waals surface area contributed by atoms with Crippen LogP contribution >= 0.6 is 0 Å². The highest BCUT2D eigenvalue weighted by Crippen LogP contribution is 2.38. The van der Waals surface area contributed by atoms with Crippen LogP contribution in [0.5, 0.6) is 11.5 Å². The Labute approximate surface area is 218 Å². The number of hydrogen-bond acceptors (Lipinski definition) is 6. The highest BCUT2D eigenvalue weighted by atomic mass is 16.5. The van der Waals surface area contributed by atoms with Crippen molar-refractivity contribution in [2.24, 2.45) is 0 Å². The number of aromatic nitrogens is 3. The summed E-state index contributed by atoms with van der Waals surface area (Å²) in [6, 6.07) is 11.1. The van der Waals surface area contributed by atoms with Gasteiger partial charge in [0.1, 0.15) is 16.9 Å². The van der Waals surface area contributed by atoms with E-state index in [9.17, 15) is 4.79 Å². The van der Waals surface area contributed by atoms with Crippen LogP contribution in [-0.2, 0) is 4.79 Å². The van der Waals surface area contributed by atoms with Gasteiger partial charge >= 0.3 is 0 Å². The molecular weight excluding hydrogens is 464 g/mol. The molecule has 0 radical (unpaired) electrons. The van der Waals surface area contributed by atoms with E-state index in [0.717, 1.165) is 37.1 Å². The number of amides is 1.